The van der Waals surface area contributed by atoms with Crippen LogP contribution < -0.4 is 24.3 Å². The topological polar surface area (TPSA) is 86.3 Å². The quantitative estimate of drug-likeness (QED) is 0.477. The molecular weight excluding hydrogens is 436 g/mol. The number of carbonyl (C=O) groups is 2. The monoisotopic (exact) mass is 472 g/mol. The molecule has 0 bridgehead atoms. The minimum atomic E-state index is -0.632. The normalized spacial score (nSPS) is 12.3. The third-order valence-corrected chi connectivity index (χ3v) is 5.59. The first-order chi connectivity index (χ1) is 16.3. The van der Waals surface area contributed by atoms with Crippen molar-refractivity contribution in [2.24, 2.45) is 0 Å². The lowest BCUT2D eigenvalue weighted by Gasteiger charge is -2.31. The predicted octanol–water partition coefficient (Wildman–Crippen LogP) is 3.81. The van der Waals surface area contributed by atoms with Crippen molar-refractivity contribution in [3.63, 3.8) is 0 Å². The Morgan fingerprint density at radius 2 is 1.41 bits per heavy atom. The predicted molar refractivity (Wildman–Crippen MR) is 131 cm³/mol. The molecular formula is C26H36N2O6. The number of ether oxygens (including phenoxy) is 4. The summed E-state index contributed by atoms with van der Waals surface area (Å²) in [5, 5.41) is 3.00. The minimum absolute atomic E-state index is 0.0139. The van der Waals surface area contributed by atoms with Gasteiger partial charge >= 0.3 is 0 Å². The summed E-state index contributed by atoms with van der Waals surface area (Å²) >= 11 is 0. The van der Waals surface area contributed by atoms with Gasteiger partial charge in [-0.15, -0.1) is 0 Å². The molecule has 0 aromatic heterocycles. The minimum Gasteiger partial charge on any atom is -0.497 e. The van der Waals surface area contributed by atoms with Gasteiger partial charge in [-0.3, -0.25) is 9.59 Å². The fraction of sp³-hybridized carbons (Fsp3) is 0.462. The second kappa shape index (κ2) is 13.3. The van der Waals surface area contributed by atoms with Crippen molar-refractivity contribution in [2.75, 3.05) is 27.9 Å². The highest BCUT2D eigenvalue weighted by Crippen LogP contribution is 2.27. The fourth-order valence-corrected chi connectivity index (χ4v) is 3.38. The van der Waals surface area contributed by atoms with Crippen molar-refractivity contribution in [3.8, 4) is 23.0 Å². The third-order valence-electron chi connectivity index (χ3n) is 5.59. The molecule has 0 spiro atoms. The highest BCUT2D eigenvalue weighted by molar-refractivity contribution is 5.88. The molecule has 0 saturated heterocycles. The zero-order valence-corrected chi connectivity index (χ0v) is 20.9. The Hall–Kier alpha value is -3.42. The Bertz CT molecular complexity index is 909. The number of benzene rings is 2. The molecule has 0 unspecified atom stereocenters. The van der Waals surface area contributed by atoms with Crippen LogP contribution >= 0.6 is 0 Å². The lowest BCUT2D eigenvalue weighted by atomic mass is 10.1. The van der Waals surface area contributed by atoms with Gasteiger partial charge in [0, 0.05) is 30.8 Å². The summed E-state index contributed by atoms with van der Waals surface area (Å²) in [6, 6.07) is 11.9. The molecule has 8 heteroatoms. The molecule has 2 amide bonds. The van der Waals surface area contributed by atoms with Crippen LogP contribution in [-0.2, 0) is 16.1 Å². The first-order valence-corrected chi connectivity index (χ1v) is 11.4. The van der Waals surface area contributed by atoms with E-state index in [-0.39, 0.29) is 31.0 Å². The van der Waals surface area contributed by atoms with Gasteiger partial charge < -0.3 is 29.2 Å². The van der Waals surface area contributed by atoms with Crippen LogP contribution in [0.4, 0.5) is 0 Å². The van der Waals surface area contributed by atoms with Crippen LogP contribution in [0.1, 0.15) is 39.2 Å². The number of amides is 2. The first-order valence-electron chi connectivity index (χ1n) is 11.4. The number of methoxy groups -OCH3 is 3. The van der Waals surface area contributed by atoms with Crippen molar-refractivity contribution >= 4 is 11.8 Å². The van der Waals surface area contributed by atoms with Gasteiger partial charge in [0.15, 0.2) is 6.61 Å². The number of nitrogens with zero attached hydrogens (tertiary/aromatic N) is 1. The summed E-state index contributed by atoms with van der Waals surface area (Å²) in [5.74, 6) is 1.78. The molecule has 2 aromatic carbocycles. The number of rotatable bonds is 13. The van der Waals surface area contributed by atoms with Crippen LogP contribution in [0.25, 0.3) is 0 Å². The van der Waals surface area contributed by atoms with E-state index in [9.17, 15) is 9.59 Å². The van der Waals surface area contributed by atoms with E-state index in [2.05, 4.69) is 5.32 Å². The maximum Gasteiger partial charge on any atom is 0.261 e. The third kappa shape index (κ3) is 7.57. The van der Waals surface area contributed by atoms with Crippen LogP contribution in [0.5, 0.6) is 23.0 Å². The van der Waals surface area contributed by atoms with Crippen molar-refractivity contribution in [2.45, 2.75) is 52.2 Å². The molecule has 0 aliphatic carbocycles. The molecule has 2 aromatic rings. The Morgan fingerprint density at radius 1 is 0.853 bits per heavy atom. The van der Waals surface area contributed by atoms with Gasteiger partial charge in [-0.05, 0) is 37.5 Å². The van der Waals surface area contributed by atoms with Crippen molar-refractivity contribution in [3.05, 3.63) is 48.0 Å². The number of hydrogen-bond acceptors (Lipinski definition) is 6. The zero-order chi connectivity index (χ0) is 25.1. The summed E-state index contributed by atoms with van der Waals surface area (Å²) in [5.41, 5.74) is 0.881. The van der Waals surface area contributed by atoms with E-state index < -0.39 is 6.04 Å². The van der Waals surface area contributed by atoms with E-state index in [1.54, 1.807) is 44.4 Å². The number of carbonyl (C=O) groups excluding carboxylic acids is 2. The van der Waals surface area contributed by atoms with Gasteiger partial charge in [-0.25, -0.2) is 0 Å². The van der Waals surface area contributed by atoms with Crippen LogP contribution in [0.3, 0.4) is 0 Å². The van der Waals surface area contributed by atoms with E-state index in [0.29, 0.717) is 23.7 Å². The van der Waals surface area contributed by atoms with Crippen LogP contribution in [0.15, 0.2) is 42.5 Å². The van der Waals surface area contributed by atoms with Gasteiger partial charge in [-0.2, -0.15) is 0 Å². The second-order valence-electron chi connectivity index (χ2n) is 7.95. The summed E-state index contributed by atoms with van der Waals surface area (Å²) in [4.78, 5) is 27.9. The molecule has 0 aliphatic rings. The number of nitrogens with one attached hydrogen (secondary N) is 1. The summed E-state index contributed by atoms with van der Waals surface area (Å²) < 4.78 is 21.5. The SMILES string of the molecule is CC[C@@H](C)NC(=O)[C@H](CC)N(Cc1ccc(OC)cc1)C(=O)COc1cc(OC)cc(OC)c1. The molecule has 0 heterocycles. The van der Waals surface area contributed by atoms with Gasteiger partial charge in [0.2, 0.25) is 5.91 Å². The van der Waals surface area contributed by atoms with E-state index in [1.165, 1.54) is 0 Å². The van der Waals surface area contributed by atoms with Gasteiger partial charge in [0.05, 0.1) is 21.3 Å². The van der Waals surface area contributed by atoms with Crippen molar-refractivity contribution in [1.82, 2.24) is 10.2 Å². The largest absolute Gasteiger partial charge is 0.497 e. The lowest BCUT2D eigenvalue weighted by molar-refractivity contribution is -0.143. The molecule has 186 valence electrons. The van der Waals surface area contributed by atoms with E-state index in [1.807, 2.05) is 45.0 Å². The van der Waals surface area contributed by atoms with Crippen LogP contribution in [0, 0.1) is 0 Å². The Kier molecular flexibility index (Phi) is 10.5. The Labute approximate surface area is 202 Å². The summed E-state index contributed by atoms with van der Waals surface area (Å²) in [6.45, 7) is 5.87. The fourth-order valence-electron chi connectivity index (χ4n) is 3.38. The van der Waals surface area contributed by atoms with Crippen molar-refractivity contribution < 1.29 is 28.5 Å². The van der Waals surface area contributed by atoms with Gasteiger partial charge in [0.1, 0.15) is 29.0 Å². The average molecular weight is 473 g/mol. The molecule has 8 nitrogen and oxygen atoms in total. The Balaban J connectivity index is 2.25. The van der Waals surface area contributed by atoms with Crippen LogP contribution in [0.2, 0.25) is 0 Å². The maximum atomic E-state index is 13.3. The molecule has 1 N–H and O–H groups in total. The molecule has 0 radical (unpaired) electrons. The molecule has 0 saturated carbocycles. The number of hydrogen-bond donors (Lipinski definition) is 1. The highest BCUT2D eigenvalue weighted by Gasteiger charge is 2.29. The lowest BCUT2D eigenvalue weighted by Crippen LogP contribution is -2.51. The smallest absolute Gasteiger partial charge is 0.261 e. The Morgan fingerprint density at radius 3 is 1.91 bits per heavy atom. The summed E-state index contributed by atoms with van der Waals surface area (Å²) in [6.07, 6.45) is 1.27. The van der Waals surface area contributed by atoms with E-state index in [4.69, 9.17) is 18.9 Å². The van der Waals surface area contributed by atoms with Crippen molar-refractivity contribution in [1.29, 1.82) is 0 Å². The standard InChI is InChI=1S/C26H36N2O6/c1-7-18(3)27-26(30)24(8-2)28(16-19-9-11-20(31-4)12-10-19)25(29)17-34-23-14-21(32-5)13-22(15-23)33-6/h9-15,18,24H,7-8,16-17H2,1-6H3,(H,27,30)/t18-,24+/m1/s1. The molecule has 2 atom stereocenters. The van der Waals surface area contributed by atoms with Gasteiger partial charge in [0.25, 0.3) is 5.91 Å². The maximum absolute atomic E-state index is 13.3. The molecule has 34 heavy (non-hydrogen) atoms. The molecule has 2 rings (SSSR count). The molecule has 0 aliphatic heterocycles. The first kappa shape index (κ1) is 26.8. The van der Waals surface area contributed by atoms with Gasteiger partial charge in [-0.1, -0.05) is 26.0 Å². The zero-order valence-electron chi connectivity index (χ0n) is 20.9. The average Bonchev–Trinajstić information content (AvgIpc) is 2.86. The summed E-state index contributed by atoms with van der Waals surface area (Å²) in [7, 11) is 4.69. The van der Waals surface area contributed by atoms with Crippen LogP contribution in [-0.4, -0.2) is 56.7 Å². The van der Waals surface area contributed by atoms with E-state index >= 15 is 0 Å². The highest BCUT2D eigenvalue weighted by atomic mass is 16.5. The molecule has 0 fully saturated rings. The van der Waals surface area contributed by atoms with E-state index in [0.717, 1.165) is 17.7 Å². The second-order valence-corrected chi connectivity index (χ2v) is 7.95.